The van der Waals surface area contributed by atoms with Gasteiger partial charge in [0.15, 0.2) is 0 Å². The number of hydrogen-bond donors (Lipinski definition) is 1. The third-order valence-electron chi connectivity index (χ3n) is 1.41. The van der Waals surface area contributed by atoms with Crippen molar-refractivity contribution in [2.75, 3.05) is 12.8 Å². The maximum absolute atomic E-state index is 10.7. The molecule has 0 amide bonds. The smallest absolute Gasteiger partial charge is 0.208 e. The molecule has 1 aromatic rings. The van der Waals surface area contributed by atoms with Gasteiger partial charge in [-0.2, -0.15) is 0 Å². The molecule has 13 heavy (non-hydrogen) atoms. The van der Waals surface area contributed by atoms with E-state index in [1.165, 1.54) is 0 Å². The molecule has 0 aliphatic carbocycles. The van der Waals surface area contributed by atoms with E-state index in [1.54, 1.807) is 6.07 Å². The molecule has 0 aromatic carbocycles. The Labute approximate surface area is 77.2 Å². The van der Waals surface area contributed by atoms with Gasteiger partial charge in [0.05, 0.1) is 11.9 Å². The van der Waals surface area contributed by atoms with Gasteiger partial charge < -0.3 is 4.52 Å². The molecule has 5 nitrogen and oxygen atoms in total. The molecule has 0 aliphatic heterocycles. The highest BCUT2D eigenvalue weighted by Crippen LogP contribution is 2.01. The van der Waals surface area contributed by atoms with Crippen LogP contribution in [0.1, 0.15) is 11.5 Å². The van der Waals surface area contributed by atoms with Crippen molar-refractivity contribution in [3.63, 3.8) is 0 Å². The second-order valence-electron chi connectivity index (χ2n) is 2.85. The van der Waals surface area contributed by atoms with Crippen molar-refractivity contribution in [1.29, 1.82) is 0 Å². The van der Waals surface area contributed by atoms with Gasteiger partial charge in [-0.05, 0) is 6.92 Å². The van der Waals surface area contributed by atoms with E-state index in [0.29, 0.717) is 18.7 Å². The van der Waals surface area contributed by atoms with Gasteiger partial charge in [0.2, 0.25) is 10.0 Å². The predicted molar refractivity (Wildman–Crippen MR) is 47.8 cm³/mol. The maximum Gasteiger partial charge on any atom is 0.208 e. The molecule has 1 rings (SSSR count). The lowest BCUT2D eigenvalue weighted by Gasteiger charge is -1.97. The number of aromatic nitrogens is 1. The van der Waals surface area contributed by atoms with Gasteiger partial charge >= 0.3 is 0 Å². The zero-order chi connectivity index (χ0) is 9.90. The molecule has 0 bridgehead atoms. The van der Waals surface area contributed by atoms with Gasteiger partial charge in [-0.3, -0.25) is 0 Å². The summed E-state index contributed by atoms with van der Waals surface area (Å²) in [7, 11) is -3.10. The summed E-state index contributed by atoms with van der Waals surface area (Å²) < 4.78 is 28.6. The van der Waals surface area contributed by atoms with Crippen molar-refractivity contribution < 1.29 is 12.9 Å². The monoisotopic (exact) mass is 204 g/mol. The Morgan fingerprint density at radius 1 is 1.62 bits per heavy atom. The third-order valence-corrected chi connectivity index (χ3v) is 2.14. The molecule has 1 heterocycles. The number of nitrogens with zero attached hydrogens (tertiary/aromatic N) is 1. The first kappa shape index (κ1) is 10.2. The van der Waals surface area contributed by atoms with Crippen LogP contribution in [-0.2, 0) is 16.4 Å². The Morgan fingerprint density at radius 3 is 2.77 bits per heavy atom. The lowest BCUT2D eigenvalue weighted by molar-refractivity contribution is 0.379. The van der Waals surface area contributed by atoms with Crippen molar-refractivity contribution in [1.82, 2.24) is 9.88 Å². The van der Waals surface area contributed by atoms with Crippen LogP contribution >= 0.6 is 0 Å². The summed E-state index contributed by atoms with van der Waals surface area (Å²) in [6.45, 7) is 2.16. The van der Waals surface area contributed by atoms with Crippen molar-refractivity contribution >= 4 is 10.0 Å². The molecule has 6 heteroatoms. The molecule has 0 saturated heterocycles. The molecule has 0 unspecified atom stereocenters. The molecule has 0 fully saturated rings. The van der Waals surface area contributed by atoms with Gasteiger partial charge in [-0.25, -0.2) is 13.1 Å². The minimum atomic E-state index is -3.10. The lowest BCUT2D eigenvalue weighted by atomic mass is 10.3. The van der Waals surface area contributed by atoms with Crippen molar-refractivity contribution in [2.45, 2.75) is 13.3 Å². The largest absolute Gasteiger partial charge is 0.361 e. The molecule has 74 valence electrons. The van der Waals surface area contributed by atoms with Crippen LogP contribution in [0, 0.1) is 6.92 Å². The number of aryl methyl sites for hydroxylation is 1. The van der Waals surface area contributed by atoms with Crippen LogP contribution in [0.5, 0.6) is 0 Å². The zero-order valence-electron chi connectivity index (χ0n) is 7.57. The third kappa shape index (κ3) is 4.05. The minimum Gasteiger partial charge on any atom is -0.361 e. The van der Waals surface area contributed by atoms with E-state index < -0.39 is 10.0 Å². The molecular weight excluding hydrogens is 192 g/mol. The summed E-state index contributed by atoms with van der Waals surface area (Å²) in [5.74, 6) is 0.689. The van der Waals surface area contributed by atoms with Crippen molar-refractivity contribution in [2.24, 2.45) is 0 Å². The number of sulfonamides is 1. The Kier molecular flexibility index (Phi) is 3.05. The molecule has 0 spiro atoms. The van der Waals surface area contributed by atoms with E-state index in [0.717, 1.165) is 11.9 Å². The first-order valence-electron chi connectivity index (χ1n) is 3.84. The fourth-order valence-corrected chi connectivity index (χ4v) is 1.37. The summed E-state index contributed by atoms with van der Waals surface area (Å²) >= 11 is 0. The molecule has 0 saturated carbocycles. The minimum absolute atomic E-state index is 0.341. The zero-order valence-corrected chi connectivity index (χ0v) is 8.39. The standard InChI is InChI=1S/C7H12N2O3S/c1-6-5-7(12-9-6)3-4-8-13(2,10)11/h5,8H,3-4H2,1-2H3. The van der Waals surface area contributed by atoms with Gasteiger partial charge in [0.25, 0.3) is 0 Å². The first-order chi connectivity index (χ1) is 5.97. The molecule has 0 radical (unpaired) electrons. The van der Waals surface area contributed by atoms with E-state index in [-0.39, 0.29) is 0 Å². The quantitative estimate of drug-likeness (QED) is 0.753. The Hall–Kier alpha value is -0.880. The van der Waals surface area contributed by atoms with E-state index in [1.807, 2.05) is 6.92 Å². The number of rotatable bonds is 4. The van der Waals surface area contributed by atoms with Crippen LogP contribution in [0.25, 0.3) is 0 Å². The average Bonchev–Trinajstić information content (AvgIpc) is 2.33. The normalized spacial score (nSPS) is 11.8. The summed E-state index contributed by atoms with van der Waals surface area (Å²) in [5, 5.41) is 3.68. The van der Waals surface area contributed by atoms with Crippen LogP contribution in [0.3, 0.4) is 0 Å². The van der Waals surface area contributed by atoms with E-state index >= 15 is 0 Å². The molecule has 1 aromatic heterocycles. The van der Waals surface area contributed by atoms with E-state index in [2.05, 4.69) is 9.88 Å². The van der Waals surface area contributed by atoms with Gasteiger partial charge in [0.1, 0.15) is 5.76 Å². The van der Waals surface area contributed by atoms with E-state index in [9.17, 15) is 8.42 Å². The van der Waals surface area contributed by atoms with Crippen LogP contribution in [0.2, 0.25) is 0 Å². The van der Waals surface area contributed by atoms with E-state index in [4.69, 9.17) is 4.52 Å². The highest BCUT2D eigenvalue weighted by Gasteiger charge is 2.03. The second kappa shape index (κ2) is 3.89. The Bertz CT molecular complexity index is 369. The fraction of sp³-hybridized carbons (Fsp3) is 0.571. The van der Waals surface area contributed by atoms with Crippen molar-refractivity contribution in [3.05, 3.63) is 17.5 Å². The average molecular weight is 204 g/mol. The Balaban J connectivity index is 2.36. The highest BCUT2D eigenvalue weighted by molar-refractivity contribution is 7.88. The summed E-state index contributed by atoms with van der Waals surface area (Å²) in [4.78, 5) is 0. The van der Waals surface area contributed by atoms with Crippen LogP contribution in [-0.4, -0.2) is 26.4 Å². The van der Waals surface area contributed by atoms with Gasteiger partial charge in [-0.1, -0.05) is 5.16 Å². The fourth-order valence-electron chi connectivity index (χ4n) is 0.894. The molecule has 0 atom stereocenters. The maximum atomic E-state index is 10.7. The van der Waals surface area contributed by atoms with Crippen LogP contribution < -0.4 is 4.72 Å². The molecular formula is C7H12N2O3S. The SMILES string of the molecule is Cc1cc(CCNS(C)(=O)=O)on1. The summed E-state index contributed by atoms with van der Waals surface area (Å²) in [5.41, 5.74) is 0.800. The Morgan fingerprint density at radius 2 is 2.31 bits per heavy atom. The number of nitrogens with one attached hydrogen (secondary N) is 1. The van der Waals surface area contributed by atoms with Crippen LogP contribution in [0.15, 0.2) is 10.6 Å². The summed E-state index contributed by atoms with van der Waals surface area (Å²) in [6, 6.07) is 1.78. The topological polar surface area (TPSA) is 72.2 Å². The van der Waals surface area contributed by atoms with Crippen molar-refractivity contribution in [3.8, 4) is 0 Å². The first-order valence-corrected chi connectivity index (χ1v) is 5.73. The second-order valence-corrected chi connectivity index (χ2v) is 4.68. The van der Waals surface area contributed by atoms with Gasteiger partial charge in [0, 0.05) is 19.0 Å². The summed E-state index contributed by atoms with van der Waals surface area (Å²) in [6.07, 6.45) is 1.65. The van der Waals surface area contributed by atoms with Gasteiger partial charge in [-0.15, -0.1) is 0 Å². The highest BCUT2D eigenvalue weighted by atomic mass is 32.2. The molecule has 1 N–H and O–H groups in total. The predicted octanol–water partition coefficient (Wildman–Crippen LogP) is 0.0747. The molecule has 0 aliphatic rings. The number of hydrogen-bond acceptors (Lipinski definition) is 4. The van der Waals surface area contributed by atoms with Crippen LogP contribution in [0.4, 0.5) is 0 Å². The lowest BCUT2D eigenvalue weighted by Crippen LogP contribution is -2.24.